The fraction of sp³-hybridized carbons (Fsp3) is 0.800. The Morgan fingerprint density at radius 3 is 2.47 bits per heavy atom. The summed E-state index contributed by atoms with van der Waals surface area (Å²) in [5, 5.41) is 2.48. The first kappa shape index (κ1) is 12.0. The van der Waals surface area contributed by atoms with E-state index in [0.717, 1.165) is 19.3 Å². The zero-order chi connectivity index (χ0) is 11.5. The molecule has 15 heavy (non-hydrogen) atoms. The molecule has 0 aromatic carbocycles. The van der Waals surface area contributed by atoms with Crippen LogP contribution in [0.5, 0.6) is 0 Å². The van der Waals surface area contributed by atoms with Crippen molar-refractivity contribution in [2.75, 3.05) is 20.6 Å². The van der Waals surface area contributed by atoms with Crippen molar-refractivity contribution >= 4 is 11.8 Å². The molecule has 1 aliphatic carbocycles. The van der Waals surface area contributed by atoms with Gasteiger partial charge in [0.25, 0.3) is 0 Å². The number of carbonyl (C=O) groups excluding carboxylic acids is 2. The number of rotatable bonds is 4. The molecule has 0 aliphatic heterocycles. The number of carbonyl (C=O) groups is 2. The van der Waals surface area contributed by atoms with Gasteiger partial charge in [0.1, 0.15) is 0 Å². The average Bonchev–Trinajstić information content (AvgIpc) is 2.14. The minimum absolute atomic E-state index is 0.0548. The lowest BCUT2D eigenvalue weighted by atomic mass is 9.75. The third-order valence-corrected chi connectivity index (χ3v) is 2.94. The molecule has 0 atom stereocenters. The lowest BCUT2D eigenvalue weighted by Crippen LogP contribution is -2.50. The molecule has 0 heterocycles. The summed E-state index contributed by atoms with van der Waals surface area (Å²) in [6.07, 6.45) is 3.27. The molecule has 0 spiro atoms. The second-order valence-corrected chi connectivity index (χ2v) is 4.32. The molecule has 1 aliphatic rings. The van der Waals surface area contributed by atoms with E-state index in [1.165, 1.54) is 4.90 Å². The van der Waals surface area contributed by atoms with Crippen LogP contribution in [0.1, 0.15) is 25.7 Å². The quantitative estimate of drug-likeness (QED) is 0.658. The van der Waals surface area contributed by atoms with Gasteiger partial charge in [-0.25, -0.2) is 0 Å². The highest BCUT2D eigenvalue weighted by molar-refractivity contribution is 5.84. The maximum atomic E-state index is 11.7. The minimum Gasteiger partial charge on any atom is -0.358 e. The van der Waals surface area contributed by atoms with E-state index in [1.807, 2.05) is 0 Å². The van der Waals surface area contributed by atoms with Crippen LogP contribution in [0.2, 0.25) is 0 Å². The fourth-order valence-electron chi connectivity index (χ4n) is 1.63. The Balaban J connectivity index is 2.36. The lowest BCUT2D eigenvalue weighted by Gasteiger charge is -2.38. The Kier molecular flexibility index (Phi) is 3.68. The molecule has 1 fully saturated rings. The van der Waals surface area contributed by atoms with E-state index in [9.17, 15) is 9.59 Å². The van der Waals surface area contributed by atoms with Crippen molar-refractivity contribution in [1.82, 2.24) is 10.2 Å². The van der Waals surface area contributed by atoms with E-state index in [0.29, 0.717) is 6.42 Å². The number of nitrogens with one attached hydrogen (secondary N) is 1. The summed E-state index contributed by atoms with van der Waals surface area (Å²) >= 11 is 0. The molecule has 0 bridgehead atoms. The Morgan fingerprint density at radius 1 is 1.47 bits per heavy atom. The summed E-state index contributed by atoms with van der Waals surface area (Å²) in [6, 6.07) is 0. The molecule has 1 rings (SSSR count). The van der Waals surface area contributed by atoms with Crippen LogP contribution in [0.3, 0.4) is 0 Å². The van der Waals surface area contributed by atoms with Crippen LogP contribution in [-0.2, 0) is 9.59 Å². The molecular formula is C10H19N3O2. The molecule has 5 heteroatoms. The number of hydrogen-bond acceptors (Lipinski definition) is 3. The van der Waals surface area contributed by atoms with Gasteiger partial charge in [-0.2, -0.15) is 0 Å². The highest BCUT2D eigenvalue weighted by Crippen LogP contribution is 2.32. The number of nitrogens with two attached hydrogens (primary N) is 1. The Hall–Kier alpha value is -1.10. The van der Waals surface area contributed by atoms with Crippen molar-refractivity contribution in [2.45, 2.75) is 31.2 Å². The van der Waals surface area contributed by atoms with Crippen molar-refractivity contribution in [1.29, 1.82) is 0 Å². The second-order valence-electron chi connectivity index (χ2n) is 4.32. The molecule has 1 saturated carbocycles. The molecule has 0 radical (unpaired) electrons. The summed E-state index contributed by atoms with van der Waals surface area (Å²) in [4.78, 5) is 24.1. The van der Waals surface area contributed by atoms with Gasteiger partial charge < -0.3 is 16.0 Å². The summed E-state index contributed by atoms with van der Waals surface area (Å²) < 4.78 is 0. The standard InChI is InChI=1S/C10H19N3O2/c1-12-8(14)7-13(2)9(15)6-10(11)4-3-5-10/h3-7,11H2,1-2H3,(H,12,14). The van der Waals surface area contributed by atoms with E-state index in [1.54, 1.807) is 14.1 Å². The van der Waals surface area contributed by atoms with Crippen LogP contribution in [-0.4, -0.2) is 42.9 Å². The predicted molar refractivity (Wildman–Crippen MR) is 57.1 cm³/mol. The van der Waals surface area contributed by atoms with Gasteiger partial charge >= 0.3 is 0 Å². The van der Waals surface area contributed by atoms with Gasteiger partial charge in [-0.15, -0.1) is 0 Å². The van der Waals surface area contributed by atoms with Crippen LogP contribution < -0.4 is 11.1 Å². The topological polar surface area (TPSA) is 75.4 Å². The molecule has 0 aromatic heterocycles. The zero-order valence-electron chi connectivity index (χ0n) is 9.38. The molecule has 0 aromatic rings. The van der Waals surface area contributed by atoms with Gasteiger partial charge in [-0.1, -0.05) is 0 Å². The Morgan fingerprint density at radius 2 is 2.07 bits per heavy atom. The maximum Gasteiger partial charge on any atom is 0.239 e. The second kappa shape index (κ2) is 4.61. The highest BCUT2D eigenvalue weighted by Gasteiger charge is 2.35. The van der Waals surface area contributed by atoms with Gasteiger partial charge in [0.15, 0.2) is 0 Å². The largest absolute Gasteiger partial charge is 0.358 e. The van der Waals surface area contributed by atoms with E-state index >= 15 is 0 Å². The van der Waals surface area contributed by atoms with Crippen LogP contribution in [0.15, 0.2) is 0 Å². The summed E-state index contributed by atoms with van der Waals surface area (Å²) in [5.41, 5.74) is 5.65. The summed E-state index contributed by atoms with van der Waals surface area (Å²) in [7, 11) is 3.18. The van der Waals surface area contributed by atoms with Crippen molar-refractivity contribution in [3.8, 4) is 0 Å². The van der Waals surface area contributed by atoms with Crippen molar-refractivity contribution < 1.29 is 9.59 Å². The SMILES string of the molecule is CNC(=O)CN(C)C(=O)CC1(N)CCC1. The van der Waals surface area contributed by atoms with E-state index in [-0.39, 0.29) is 23.9 Å². The van der Waals surface area contributed by atoms with Crippen LogP contribution in [0.25, 0.3) is 0 Å². The van der Waals surface area contributed by atoms with Crippen molar-refractivity contribution in [3.05, 3.63) is 0 Å². The smallest absolute Gasteiger partial charge is 0.239 e. The molecular weight excluding hydrogens is 194 g/mol. The van der Waals surface area contributed by atoms with Crippen molar-refractivity contribution in [3.63, 3.8) is 0 Å². The monoisotopic (exact) mass is 213 g/mol. The van der Waals surface area contributed by atoms with Gasteiger partial charge in [0.05, 0.1) is 6.54 Å². The molecule has 86 valence electrons. The van der Waals surface area contributed by atoms with Crippen LogP contribution in [0.4, 0.5) is 0 Å². The number of likely N-dealkylation sites (N-methyl/N-ethyl adjacent to an activating group) is 2. The van der Waals surface area contributed by atoms with Gasteiger partial charge in [-0.3, -0.25) is 9.59 Å². The molecule has 3 N–H and O–H groups in total. The van der Waals surface area contributed by atoms with Gasteiger partial charge in [-0.05, 0) is 19.3 Å². The lowest BCUT2D eigenvalue weighted by molar-refractivity contribution is -0.136. The predicted octanol–water partition coefficient (Wildman–Crippen LogP) is -0.538. The van der Waals surface area contributed by atoms with Crippen LogP contribution in [0, 0.1) is 0 Å². The molecule has 0 saturated heterocycles. The number of nitrogens with zero attached hydrogens (tertiary/aromatic N) is 1. The summed E-state index contributed by atoms with van der Waals surface area (Å²) in [6.45, 7) is 0.103. The Labute approximate surface area is 90.0 Å². The Bertz CT molecular complexity index is 261. The maximum absolute atomic E-state index is 11.7. The fourth-order valence-corrected chi connectivity index (χ4v) is 1.63. The highest BCUT2D eigenvalue weighted by atomic mass is 16.2. The summed E-state index contributed by atoms with van der Waals surface area (Å²) in [5.74, 6) is -0.216. The first-order valence-electron chi connectivity index (χ1n) is 5.20. The zero-order valence-corrected chi connectivity index (χ0v) is 9.38. The van der Waals surface area contributed by atoms with Gasteiger partial charge in [0.2, 0.25) is 11.8 Å². The molecule has 0 unspecified atom stereocenters. The third-order valence-electron chi connectivity index (χ3n) is 2.94. The normalized spacial score (nSPS) is 17.8. The number of amides is 2. The molecule has 2 amide bonds. The van der Waals surface area contributed by atoms with Gasteiger partial charge in [0, 0.05) is 26.1 Å². The van der Waals surface area contributed by atoms with Crippen molar-refractivity contribution in [2.24, 2.45) is 5.73 Å². The first-order valence-corrected chi connectivity index (χ1v) is 5.20. The van der Waals surface area contributed by atoms with E-state index in [4.69, 9.17) is 5.73 Å². The first-order chi connectivity index (χ1) is 6.97. The average molecular weight is 213 g/mol. The number of hydrogen-bond donors (Lipinski definition) is 2. The van der Waals surface area contributed by atoms with Crippen LogP contribution >= 0.6 is 0 Å². The third kappa shape index (κ3) is 3.20. The minimum atomic E-state index is -0.311. The van der Waals surface area contributed by atoms with E-state index < -0.39 is 0 Å². The van der Waals surface area contributed by atoms with E-state index in [2.05, 4.69) is 5.32 Å². The molecule has 5 nitrogen and oxygen atoms in total.